The van der Waals surface area contributed by atoms with Crippen LogP contribution in [0.15, 0.2) is 74.5 Å². The van der Waals surface area contributed by atoms with Gasteiger partial charge in [-0.1, -0.05) is 40.9 Å². The lowest BCUT2D eigenvalue weighted by molar-refractivity contribution is -0.402. The van der Waals surface area contributed by atoms with E-state index in [1.165, 1.54) is 29.7 Å². The maximum absolute atomic E-state index is 10.8. The van der Waals surface area contributed by atoms with E-state index in [4.69, 9.17) is 39.2 Å². The second-order valence-electron chi connectivity index (χ2n) is 6.11. The minimum atomic E-state index is -0.614. The molecule has 7 nitrogen and oxygen atoms in total. The summed E-state index contributed by atoms with van der Waals surface area (Å²) in [5.74, 6) is -0.143. The number of hydrogen-bond acceptors (Lipinski definition) is 6. The maximum atomic E-state index is 10.8. The maximum Gasteiger partial charge on any atom is 0.433 e. The van der Waals surface area contributed by atoms with Crippen molar-refractivity contribution in [3.63, 3.8) is 0 Å². The molecular formula is C20H11Cl3N4O3S. The lowest BCUT2D eigenvalue weighted by Crippen LogP contribution is -2.11. The van der Waals surface area contributed by atoms with Crippen molar-refractivity contribution in [2.24, 2.45) is 10.1 Å². The molecule has 0 aliphatic rings. The Bertz CT molecular complexity index is 1360. The van der Waals surface area contributed by atoms with Crippen LogP contribution in [0.1, 0.15) is 5.76 Å². The highest BCUT2D eigenvalue weighted by atomic mass is 35.5. The van der Waals surface area contributed by atoms with Crippen LogP contribution in [0.2, 0.25) is 15.1 Å². The summed E-state index contributed by atoms with van der Waals surface area (Å²) in [6.45, 7) is 0. The van der Waals surface area contributed by atoms with Gasteiger partial charge in [-0.25, -0.2) is 9.67 Å². The van der Waals surface area contributed by atoms with Crippen LogP contribution in [0.4, 0.5) is 11.6 Å². The summed E-state index contributed by atoms with van der Waals surface area (Å²) in [4.78, 5) is 15.4. The summed E-state index contributed by atoms with van der Waals surface area (Å²) in [7, 11) is 0. The topological polar surface area (TPSA) is 85.9 Å². The van der Waals surface area contributed by atoms with Crippen molar-refractivity contribution in [1.29, 1.82) is 0 Å². The molecular weight excluding hydrogens is 483 g/mol. The second-order valence-corrected chi connectivity index (χ2v) is 8.20. The van der Waals surface area contributed by atoms with Crippen molar-refractivity contribution < 1.29 is 9.34 Å². The lowest BCUT2D eigenvalue weighted by atomic mass is 10.2. The molecule has 11 heteroatoms. The highest BCUT2D eigenvalue weighted by Crippen LogP contribution is 2.29. The third-order valence-corrected chi connectivity index (χ3v) is 5.85. The molecule has 0 saturated carbocycles. The molecule has 2 aromatic heterocycles. The fourth-order valence-corrected chi connectivity index (χ4v) is 3.87. The number of benzene rings is 2. The average molecular weight is 494 g/mol. The highest BCUT2D eigenvalue weighted by molar-refractivity contribution is 7.07. The number of halogens is 3. The summed E-state index contributed by atoms with van der Waals surface area (Å²) in [5.41, 5.74) is 2.16. The largest absolute Gasteiger partial charge is 0.433 e. The number of aromatic nitrogens is 1. The molecule has 0 unspecified atom stereocenters. The van der Waals surface area contributed by atoms with Gasteiger partial charge in [-0.3, -0.25) is 10.1 Å². The predicted molar refractivity (Wildman–Crippen MR) is 123 cm³/mol. The summed E-state index contributed by atoms with van der Waals surface area (Å²) in [5, 5.41) is 18.6. The monoisotopic (exact) mass is 492 g/mol. The van der Waals surface area contributed by atoms with Gasteiger partial charge >= 0.3 is 5.88 Å². The number of nitro groups is 1. The highest BCUT2D eigenvalue weighted by Gasteiger charge is 2.12. The number of hydrogen-bond donors (Lipinski definition) is 0. The van der Waals surface area contributed by atoms with E-state index in [0.717, 1.165) is 5.56 Å². The number of furan rings is 1. The normalized spacial score (nSPS) is 12.0. The van der Waals surface area contributed by atoms with E-state index in [-0.39, 0.29) is 11.6 Å². The van der Waals surface area contributed by atoms with Crippen LogP contribution in [0.5, 0.6) is 0 Å². The summed E-state index contributed by atoms with van der Waals surface area (Å²) in [6, 6.07) is 15.0. The minimum absolute atomic E-state index is 0.225. The Morgan fingerprint density at radius 1 is 1.03 bits per heavy atom. The van der Waals surface area contributed by atoms with E-state index in [0.29, 0.717) is 31.3 Å². The molecule has 4 aromatic rings. The molecule has 2 aromatic carbocycles. The van der Waals surface area contributed by atoms with Gasteiger partial charge in [-0.2, -0.15) is 5.10 Å². The molecule has 2 heterocycles. The molecule has 0 aliphatic carbocycles. The van der Waals surface area contributed by atoms with Gasteiger partial charge in [-0.15, -0.1) is 11.3 Å². The number of rotatable bonds is 5. The molecule has 156 valence electrons. The van der Waals surface area contributed by atoms with Crippen LogP contribution in [0, 0.1) is 10.1 Å². The first-order valence-corrected chi connectivity index (χ1v) is 10.7. The molecule has 0 spiro atoms. The molecule has 0 saturated heterocycles. The van der Waals surface area contributed by atoms with E-state index in [1.54, 1.807) is 41.1 Å². The molecule has 31 heavy (non-hydrogen) atoms. The van der Waals surface area contributed by atoms with E-state index in [9.17, 15) is 10.1 Å². The Kier molecular flexibility index (Phi) is 6.24. The van der Waals surface area contributed by atoms with Gasteiger partial charge in [0, 0.05) is 16.0 Å². The van der Waals surface area contributed by atoms with Gasteiger partial charge in [0.25, 0.3) is 0 Å². The van der Waals surface area contributed by atoms with Crippen molar-refractivity contribution >= 4 is 63.9 Å². The molecule has 0 radical (unpaired) electrons. The number of nitrogens with zero attached hydrogens (tertiary/aromatic N) is 4. The zero-order valence-corrected chi connectivity index (χ0v) is 18.5. The van der Waals surface area contributed by atoms with Crippen LogP contribution in [-0.2, 0) is 0 Å². The third kappa shape index (κ3) is 4.88. The number of thiazole rings is 1. The van der Waals surface area contributed by atoms with Crippen LogP contribution in [0.25, 0.3) is 11.3 Å². The molecule has 4 rings (SSSR count). The minimum Gasteiger partial charge on any atom is -0.400 e. The molecule has 0 atom stereocenters. The Morgan fingerprint density at radius 2 is 1.81 bits per heavy atom. The molecule has 0 aliphatic heterocycles. The van der Waals surface area contributed by atoms with Gasteiger partial charge in [0.15, 0.2) is 5.76 Å². The third-order valence-electron chi connectivity index (χ3n) is 4.05. The van der Waals surface area contributed by atoms with Crippen molar-refractivity contribution in [1.82, 2.24) is 4.68 Å². The van der Waals surface area contributed by atoms with E-state index in [1.807, 2.05) is 11.4 Å². The smallest absolute Gasteiger partial charge is 0.400 e. The first-order chi connectivity index (χ1) is 14.9. The fourth-order valence-electron chi connectivity index (χ4n) is 2.59. The van der Waals surface area contributed by atoms with Gasteiger partial charge in [0.05, 0.1) is 33.7 Å². The summed E-state index contributed by atoms with van der Waals surface area (Å²) >= 11 is 19.5. The summed E-state index contributed by atoms with van der Waals surface area (Å²) < 4.78 is 6.74. The van der Waals surface area contributed by atoms with Crippen molar-refractivity contribution in [2.75, 3.05) is 0 Å². The Morgan fingerprint density at radius 3 is 2.48 bits per heavy atom. The molecule has 0 amide bonds. The van der Waals surface area contributed by atoms with Crippen molar-refractivity contribution in [3.05, 3.63) is 95.7 Å². The van der Waals surface area contributed by atoms with E-state index >= 15 is 0 Å². The van der Waals surface area contributed by atoms with Gasteiger partial charge in [0.2, 0.25) is 4.80 Å². The molecule has 0 fully saturated rings. The average Bonchev–Trinajstić information content (AvgIpc) is 3.37. The van der Waals surface area contributed by atoms with E-state index in [2.05, 4.69) is 10.1 Å². The summed E-state index contributed by atoms with van der Waals surface area (Å²) in [6.07, 6.45) is 1.38. The standard InChI is InChI=1S/C20H11Cl3N4O3S/c21-13-2-4-14(5-3-13)25-20-26(24-10-15-6-8-19(30-15)27(28)29)18(11-31-20)12-1-7-16(22)17(23)9-12/h1-11H. The van der Waals surface area contributed by atoms with Crippen LogP contribution in [-0.4, -0.2) is 15.8 Å². The second kappa shape index (κ2) is 9.07. The van der Waals surface area contributed by atoms with E-state index < -0.39 is 4.92 Å². The molecule has 0 N–H and O–H groups in total. The zero-order chi connectivity index (χ0) is 22.0. The SMILES string of the molecule is O=[N+]([O-])c1ccc(C=Nn2c(-c3ccc(Cl)c(Cl)c3)csc2=Nc2ccc(Cl)cc2)o1. The Labute approximate surface area is 194 Å². The first kappa shape index (κ1) is 21.3. The zero-order valence-electron chi connectivity index (χ0n) is 15.4. The van der Waals surface area contributed by atoms with Crippen LogP contribution in [0.3, 0.4) is 0 Å². The van der Waals surface area contributed by atoms with Crippen LogP contribution < -0.4 is 4.80 Å². The van der Waals surface area contributed by atoms with Crippen molar-refractivity contribution in [3.8, 4) is 11.3 Å². The van der Waals surface area contributed by atoms with Crippen LogP contribution >= 0.6 is 46.1 Å². The van der Waals surface area contributed by atoms with Gasteiger partial charge in [0.1, 0.15) is 4.92 Å². The fraction of sp³-hybridized carbons (Fsp3) is 0. The van der Waals surface area contributed by atoms with Gasteiger partial charge in [-0.05, 0) is 42.5 Å². The lowest BCUT2D eigenvalue weighted by Gasteiger charge is -2.05. The Hall–Kier alpha value is -2.91. The van der Waals surface area contributed by atoms with Crippen molar-refractivity contribution in [2.45, 2.75) is 0 Å². The predicted octanol–water partition coefficient (Wildman–Crippen LogP) is 6.79. The quantitative estimate of drug-likeness (QED) is 0.174. The molecule has 0 bridgehead atoms. The van der Waals surface area contributed by atoms with Gasteiger partial charge < -0.3 is 4.42 Å². The Balaban J connectivity index is 1.82. The first-order valence-electron chi connectivity index (χ1n) is 8.65.